The minimum Gasteiger partial charge on any atom is -0.480 e. The number of methoxy groups -OCH3 is 1. The van der Waals surface area contributed by atoms with E-state index >= 15 is 0 Å². The van der Waals surface area contributed by atoms with Crippen LogP contribution in [0.4, 0.5) is 0 Å². The summed E-state index contributed by atoms with van der Waals surface area (Å²) in [5.41, 5.74) is 2.66. The highest BCUT2D eigenvalue weighted by Crippen LogP contribution is 2.44. The number of hydrogen-bond donors (Lipinski definition) is 1. The Hall–Kier alpha value is -2.92. The monoisotopic (exact) mass is 441 g/mol. The van der Waals surface area contributed by atoms with Crippen molar-refractivity contribution >= 4 is 25.3 Å². The lowest BCUT2D eigenvalue weighted by Gasteiger charge is -2.15. The Morgan fingerprint density at radius 1 is 1.26 bits per heavy atom. The van der Waals surface area contributed by atoms with Crippen LogP contribution >= 0.6 is 0 Å². The molecule has 1 saturated carbocycles. The molecular weight excluding hydrogens is 414 g/mol. The van der Waals surface area contributed by atoms with Crippen LogP contribution in [0, 0.1) is 0 Å². The van der Waals surface area contributed by atoms with Gasteiger partial charge >= 0.3 is 0 Å². The molecule has 1 N–H and O–H groups in total. The van der Waals surface area contributed by atoms with Crippen molar-refractivity contribution in [2.75, 3.05) is 13.7 Å². The van der Waals surface area contributed by atoms with Gasteiger partial charge in [0.2, 0.25) is 5.88 Å². The van der Waals surface area contributed by atoms with E-state index in [1.54, 1.807) is 18.0 Å². The number of fused-ring (bicyclic) bond motifs is 1. The number of hydrogen-bond acceptors (Lipinski definition) is 9. The van der Waals surface area contributed by atoms with Crippen LogP contribution in [0.2, 0.25) is 25.7 Å². The lowest BCUT2D eigenvalue weighted by Crippen LogP contribution is -2.22. The predicted molar refractivity (Wildman–Crippen MR) is 118 cm³/mol. The van der Waals surface area contributed by atoms with Crippen LogP contribution in [0.25, 0.3) is 22.4 Å². The van der Waals surface area contributed by atoms with Crippen LogP contribution in [0.1, 0.15) is 30.1 Å². The topological polar surface area (TPSA) is 120 Å². The third kappa shape index (κ3) is 4.72. The standard InChI is InChI=1S/C20H27N7O3Si/c1-29-20-16(17(13-5-6-13)22-11-23-20)18-21-9-14-15(10-24-28)26-27(19(14)25-18)12-30-7-8-31(2,3)4/h9-11,13,28H,5-8,12H2,1-4H3. The van der Waals surface area contributed by atoms with Crippen LogP contribution < -0.4 is 4.74 Å². The van der Waals surface area contributed by atoms with Crippen molar-refractivity contribution in [3.8, 4) is 17.3 Å². The Labute approximate surface area is 181 Å². The molecule has 10 nitrogen and oxygen atoms in total. The van der Waals surface area contributed by atoms with Gasteiger partial charge in [-0.2, -0.15) is 5.10 Å². The molecule has 0 unspecified atom stereocenters. The molecule has 1 aliphatic rings. The quantitative estimate of drug-likeness (QED) is 0.177. The van der Waals surface area contributed by atoms with Crippen molar-refractivity contribution in [1.82, 2.24) is 29.7 Å². The minimum atomic E-state index is -1.19. The zero-order chi connectivity index (χ0) is 22.0. The summed E-state index contributed by atoms with van der Waals surface area (Å²) in [5, 5.41) is 17.3. The largest absolute Gasteiger partial charge is 0.480 e. The molecule has 0 bridgehead atoms. The Balaban J connectivity index is 1.73. The molecule has 0 radical (unpaired) electrons. The summed E-state index contributed by atoms with van der Waals surface area (Å²) in [4.78, 5) is 18.0. The second-order valence-corrected chi connectivity index (χ2v) is 14.4. The van der Waals surface area contributed by atoms with Crippen LogP contribution in [0.5, 0.6) is 5.88 Å². The van der Waals surface area contributed by atoms with Gasteiger partial charge in [-0.15, -0.1) is 0 Å². The minimum absolute atomic E-state index is 0.245. The molecule has 1 fully saturated rings. The van der Waals surface area contributed by atoms with Crippen molar-refractivity contribution < 1.29 is 14.7 Å². The predicted octanol–water partition coefficient (Wildman–Crippen LogP) is 3.29. The molecule has 3 aromatic rings. The molecule has 0 amide bonds. The van der Waals surface area contributed by atoms with Crippen molar-refractivity contribution in [3.63, 3.8) is 0 Å². The lowest BCUT2D eigenvalue weighted by molar-refractivity contribution is 0.0812. The van der Waals surface area contributed by atoms with Gasteiger partial charge in [0.05, 0.1) is 24.4 Å². The SMILES string of the molecule is COc1ncnc(C2CC2)c1-c1ncc2c(C=NO)nn(COCC[Si](C)(C)C)c2n1. The van der Waals surface area contributed by atoms with Gasteiger partial charge in [-0.3, -0.25) is 0 Å². The zero-order valence-corrected chi connectivity index (χ0v) is 19.2. The molecule has 3 aromatic heterocycles. The normalized spacial score (nSPS) is 14.6. The molecule has 31 heavy (non-hydrogen) atoms. The van der Waals surface area contributed by atoms with Gasteiger partial charge in [-0.05, 0) is 18.9 Å². The Kier molecular flexibility index (Phi) is 5.96. The maximum Gasteiger partial charge on any atom is 0.227 e. The van der Waals surface area contributed by atoms with Crippen molar-refractivity contribution in [2.24, 2.45) is 5.16 Å². The van der Waals surface area contributed by atoms with Gasteiger partial charge in [0.1, 0.15) is 24.3 Å². The first-order valence-electron chi connectivity index (χ1n) is 10.3. The molecule has 164 valence electrons. The second kappa shape index (κ2) is 8.67. The van der Waals surface area contributed by atoms with E-state index in [4.69, 9.17) is 19.7 Å². The Morgan fingerprint density at radius 2 is 2.06 bits per heavy atom. The highest BCUT2D eigenvalue weighted by atomic mass is 28.3. The first-order chi connectivity index (χ1) is 14.9. The maximum atomic E-state index is 9.02. The van der Waals surface area contributed by atoms with Gasteiger partial charge in [-0.1, -0.05) is 24.8 Å². The number of ether oxygens (including phenoxy) is 2. The van der Waals surface area contributed by atoms with E-state index in [0.29, 0.717) is 46.5 Å². The average Bonchev–Trinajstić information content (AvgIpc) is 3.54. The lowest BCUT2D eigenvalue weighted by atomic mass is 10.1. The third-order valence-electron chi connectivity index (χ3n) is 5.13. The van der Waals surface area contributed by atoms with E-state index in [-0.39, 0.29) is 6.73 Å². The van der Waals surface area contributed by atoms with Gasteiger partial charge in [0.15, 0.2) is 11.5 Å². The van der Waals surface area contributed by atoms with Gasteiger partial charge in [0.25, 0.3) is 0 Å². The number of oxime groups is 1. The summed E-state index contributed by atoms with van der Waals surface area (Å²) >= 11 is 0. The molecule has 0 spiro atoms. The Morgan fingerprint density at radius 3 is 2.74 bits per heavy atom. The first kappa shape index (κ1) is 21.3. The van der Waals surface area contributed by atoms with Gasteiger partial charge < -0.3 is 14.7 Å². The molecule has 3 heterocycles. The highest BCUT2D eigenvalue weighted by molar-refractivity contribution is 6.76. The van der Waals surface area contributed by atoms with Crippen LogP contribution in [0.15, 0.2) is 17.7 Å². The van der Waals surface area contributed by atoms with Crippen LogP contribution in [-0.2, 0) is 11.5 Å². The summed E-state index contributed by atoms with van der Waals surface area (Å²) < 4.78 is 13.0. The van der Waals surface area contributed by atoms with E-state index in [9.17, 15) is 0 Å². The molecule has 4 rings (SSSR count). The van der Waals surface area contributed by atoms with Crippen molar-refractivity contribution in [2.45, 2.75) is 51.2 Å². The van der Waals surface area contributed by atoms with E-state index in [0.717, 1.165) is 24.6 Å². The molecule has 1 aliphatic carbocycles. The maximum absolute atomic E-state index is 9.02. The molecule has 0 aromatic carbocycles. The molecule has 0 atom stereocenters. The first-order valence-corrected chi connectivity index (χ1v) is 14.0. The summed E-state index contributed by atoms with van der Waals surface area (Å²) in [6.07, 6.45) is 6.61. The third-order valence-corrected chi connectivity index (χ3v) is 6.83. The summed E-state index contributed by atoms with van der Waals surface area (Å²) in [7, 11) is 0.383. The van der Waals surface area contributed by atoms with E-state index < -0.39 is 8.07 Å². The van der Waals surface area contributed by atoms with Gasteiger partial charge in [0, 0.05) is 26.8 Å². The van der Waals surface area contributed by atoms with E-state index in [1.807, 2.05) is 0 Å². The van der Waals surface area contributed by atoms with Crippen molar-refractivity contribution in [1.29, 1.82) is 0 Å². The summed E-state index contributed by atoms with van der Waals surface area (Å²) in [6.45, 7) is 7.82. The Bertz CT molecular complexity index is 1110. The fourth-order valence-corrected chi connectivity index (χ4v) is 4.04. The smallest absolute Gasteiger partial charge is 0.227 e. The van der Waals surface area contributed by atoms with Gasteiger partial charge in [-0.25, -0.2) is 24.6 Å². The highest BCUT2D eigenvalue weighted by Gasteiger charge is 2.31. The number of nitrogens with zero attached hydrogens (tertiary/aromatic N) is 7. The van der Waals surface area contributed by atoms with E-state index in [2.05, 4.69) is 44.8 Å². The number of rotatable bonds is 9. The molecule has 0 saturated heterocycles. The summed E-state index contributed by atoms with van der Waals surface area (Å²) in [6, 6.07) is 1.06. The molecule has 11 heteroatoms. The molecule has 0 aliphatic heterocycles. The average molecular weight is 442 g/mol. The second-order valence-electron chi connectivity index (χ2n) is 8.83. The van der Waals surface area contributed by atoms with Crippen LogP contribution in [-0.4, -0.2) is 62.9 Å². The number of aromatic nitrogens is 6. The fourth-order valence-electron chi connectivity index (χ4n) is 3.28. The molecular formula is C20H27N7O3Si. The summed E-state index contributed by atoms with van der Waals surface area (Å²) in [5.74, 6) is 1.30. The van der Waals surface area contributed by atoms with Crippen molar-refractivity contribution in [3.05, 3.63) is 23.9 Å². The van der Waals surface area contributed by atoms with Crippen LogP contribution in [0.3, 0.4) is 0 Å². The zero-order valence-electron chi connectivity index (χ0n) is 18.2. The van der Waals surface area contributed by atoms with E-state index in [1.165, 1.54) is 12.5 Å². The fraction of sp³-hybridized carbons (Fsp3) is 0.500.